The predicted molar refractivity (Wildman–Crippen MR) is 58.4 cm³/mol. The van der Waals surface area contributed by atoms with Crippen molar-refractivity contribution in [2.24, 2.45) is 0 Å². The van der Waals surface area contributed by atoms with Gasteiger partial charge < -0.3 is 9.72 Å². The largest absolute Gasteiger partial charge is 0.376 e. The lowest BCUT2D eigenvalue weighted by molar-refractivity contribution is 0.132. The molecule has 0 aliphatic rings. The highest BCUT2D eigenvalue weighted by molar-refractivity contribution is 5.80. The summed E-state index contributed by atoms with van der Waals surface area (Å²) >= 11 is 0. The highest BCUT2D eigenvalue weighted by Gasteiger charge is 1.99. The van der Waals surface area contributed by atoms with Gasteiger partial charge in [0.15, 0.2) is 0 Å². The number of fused-ring (bicyclic) bond motifs is 1. The number of aromatic nitrogens is 1. The van der Waals surface area contributed by atoms with Gasteiger partial charge in [-0.3, -0.25) is 0 Å². The van der Waals surface area contributed by atoms with Gasteiger partial charge in [0.1, 0.15) is 0 Å². The first-order valence-corrected chi connectivity index (χ1v) is 4.95. The molecule has 74 valence electrons. The molecule has 14 heavy (non-hydrogen) atoms. The maximum Gasteiger partial charge on any atom is 0.0865 e. The number of aryl methyl sites for hydroxylation is 1. The van der Waals surface area contributed by atoms with E-state index in [4.69, 9.17) is 4.74 Å². The third-order valence-electron chi connectivity index (χ3n) is 2.30. The minimum Gasteiger partial charge on any atom is -0.376 e. The van der Waals surface area contributed by atoms with Crippen LogP contribution < -0.4 is 0 Å². The number of hydrogen-bond donors (Lipinski definition) is 1. The first kappa shape index (κ1) is 9.28. The lowest BCUT2D eigenvalue weighted by Gasteiger charge is -1.96. The molecule has 0 saturated carbocycles. The molecule has 0 amide bonds. The zero-order valence-corrected chi connectivity index (χ0v) is 8.63. The van der Waals surface area contributed by atoms with Gasteiger partial charge in [0.05, 0.1) is 6.61 Å². The minimum atomic E-state index is 0.671. The fraction of sp³-hybridized carbons (Fsp3) is 0.333. The van der Waals surface area contributed by atoms with Gasteiger partial charge in [0.25, 0.3) is 0 Å². The summed E-state index contributed by atoms with van der Waals surface area (Å²) in [6, 6.07) is 8.56. The molecule has 1 N–H and O–H groups in total. The molecule has 2 nitrogen and oxygen atoms in total. The predicted octanol–water partition coefficient (Wildman–Crippen LogP) is 3.01. The van der Waals surface area contributed by atoms with Gasteiger partial charge in [-0.1, -0.05) is 12.1 Å². The average molecular weight is 189 g/mol. The fourth-order valence-electron chi connectivity index (χ4n) is 1.59. The van der Waals surface area contributed by atoms with Crippen LogP contribution in [0.1, 0.15) is 18.2 Å². The van der Waals surface area contributed by atoms with Gasteiger partial charge >= 0.3 is 0 Å². The lowest BCUT2D eigenvalue weighted by atomic mass is 10.2. The molecule has 0 spiro atoms. The van der Waals surface area contributed by atoms with Gasteiger partial charge in [-0.05, 0) is 36.9 Å². The van der Waals surface area contributed by atoms with Gasteiger partial charge in [-0.2, -0.15) is 0 Å². The van der Waals surface area contributed by atoms with Crippen molar-refractivity contribution in [2.75, 3.05) is 6.61 Å². The van der Waals surface area contributed by atoms with Crippen LogP contribution in [0.15, 0.2) is 24.3 Å². The average Bonchev–Trinajstić information content (AvgIpc) is 2.56. The van der Waals surface area contributed by atoms with Crippen LogP contribution in [-0.4, -0.2) is 11.6 Å². The molecule has 2 rings (SSSR count). The van der Waals surface area contributed by atoms with E-state index in [1.807, 2.05) is 6.92 Å². The summed E-state index contributed by atoms with van der Waals surface area (Å²) in [6.07, 6.45) is 0. The minimum absolute atomic E-state index is 0.671. The molecule has 0 atom stereocenters. The third-order valence-corrected chi connectivity index (χ3v) is 2.30. The molecule has 1 aromatic carbocycles. The second-order valence-electron chi connectivity index (χ2n) is 3.52. The number of benzene rings is 1. The van der Waals surface area contributed by atoms with Crippen LogP contribution in [0, 0.1) is 6.92 Å². The van der Waals surface area contributed by atoms with E-state index in [-0.39, 0.29) is 0 Å². The molecule has 0 radical (unpaired) electrons. The van der Waals surface area contributed by atoms with Crippen molar-refractivity contribution in [3.63, 3.8) is 0 Å². The highest BCUT2D eigenvalue weighted by atomic mass is 16.5. The molecule has 0 unspecified atom stereocenters. The molecule has 2 aromatic rings. The van der Waals surface area contributed by atoms with Gasteiger partial charge in [-0.15, -0.1) is 0 Å². The molecule has 0 saturated heterocycles. The molecule has 0 fully saturated rings. The number of rotatable bonds is 3. The summed E-state index contributed by atoms with van der Waals surface area (Å²) in [4.78, 5) is 3.35. The quantitative estimate of drug-likeness (QED) is 0.788. The molecule has 2 heteroatoms. The van der Waals surface area contributed by atoms with Gasteiger partial charge in [0.2, 0.25) is 0 Å². The fourth-order valence-corrected chi connectivity index (χ4v) is 1.59. The summed E-state index contributed by atoms with van der Waals surface area (Å²) in [7, 11) is 0. The summed E-state index contributed by atoms with van der Waals surface area (Å²) in [5.41, 5.74) is 3.62. The maximum atomic E-state index is 5.35. The molecular weight excluding hydrogens is 174 g/mol. The van der Waals surface area contributed by atoms with E-state index in [1.54, 1.807) is 0 Å². The van der Waals surface area contributed by atoms with E-state index in [0.717, 1.165) is 12.3 Å². The molecule has 0 aliphatic heterocycles. The van der Waals surface area contributed by atoms with E-state index < -0.39 is 0 Å². The second-order valence-corrected chi connectivity index (χ2v) is 3.52. The molecule has 1 aromatic heterocycles. The third kappa shape index (κ3) is 1.80. The summed E-state index contributed by atoms with van der Waals surface area (Å²) in [5.74, 6) is 0. The standard InChI is InChI=1S/C12H15NO/c1-3-14-8-11-7-10-5-4-9(2)6-12(10)13-11/h4-7,13H,3,8H2,1-2H3. The Morgan fingerprint density at radius 1 is 1.29 bits per heavy atom. The van der Waals surface area contributed by atoms with E-state index in [2.05, 4.69) is 36.2 Å². The van der Waals surface area contributed by atoms with Crippen LogP contribution in [0.2, 0.25) is 0 Å². The van der Waals surface area contributed by atoms with E-state index in [0.29, 0.717) is 6.61 Å². The monoisotopic (exact) mass is 189 g/mol. The summed E-state index contributed by atoms with van der Waals surface area (Å²) in [6.45, 7) is 5.54. The molecule has 1 heterocycles. The van der Waals surface area contributed by atoms with Crippen LogP contribution in [0.4, 0.5) is 0 Å². The number of nitrogens with one attached hydrogen (secondary N) is 1. The zero-order chi connectivity index (χ0) is 9.97. The van der Waals surface area contributed by atoms with Crippen molar-refractivity contribution in [2.45, 2.75) is 20.5 Å². The highest BCUT2D eigenvalue weighted by Crippen LogP contribution is 2.17. The van der Waals surface area contributed by atoms with Crippen LogP contribution in [0.5, 0.6) is 0 Å². The van der Waals surface area contributed by atoms with Crippen molar-refractivity contribution in [3.05, 3.63) is 35.5 Å². The van der Waals surface area contributed by atoms with Crippen LogP contribution >= 0.6 is 0 Å². The maximum absolute atomic E-state index is 5.35. The van der Waals surface area contributed by atoms with Crippen molar-refractivity contribution in [1.82, 2.24) is 4.98 Å². The van der Waals surface area contributed by atoms with Gasteiger partial charge in [-0.25, -0.2) is 0 Å². The number of hydrogen-bond acceptors (Lipinski definition) is 1. The molecule has 0 bridgehead atoms. The molecular formula is C12H15NO. The first-order chi connectivity index (χ1) is 6.79. The first-order valence-electron chi connectivity index (χ1n) is 4.95. The van der Waals surface area contributed by atoms with Crippen molar-refractivity contribution in [1.29, 1.82) is 0 Å². The Kier molecular flexibility index (Phi) is 2.55. The van der Waals surface area contributed by atoms with Crippen LogP contribution in [-0.2, 0) is 11.3 Å². The number of ether oxygens (including phenoxy) is 1. The zero-order valence-electron chi connectivity index (χ0n) is 8.63. The lowest BCUT2D eigenvalue weighted by Crippen LogP contribution is -1.90. The van der Waals surface area contributed by atoms with Crippen molar-refractivity contribution >= 4 is 10.9 Å². The SMILES string of the molecule is CCOCc1cc2ccc(C)cc2[nH]1. The molecule has 0 aliphatic carbocycles. The van der Waals surface area contributed by atoms with Gasteiger partial charge in [0, 0.05) is 17.8 Å². The summed E-state index contributed by atoms with van der Waals surface area (Å²) < 4.78 is 5.35. The Morgan fingerprint density at radius 3 is 2.93 bits per heavy atom. The van der Waals surface area contributed by atoms with Crippen LogP contribution in [0.3, 0.4) is 0 Å². The normalized spacial score (nSPS) is 11.0. The Balaban J connectivity index is 2.32. The topological polar surface area (TPSA) is 25.0 Å². The Labute approximate surface area is 83.9 Å². The second kappa shape index (κ2) is 3.84. The van der Waals surface area contributed by atoms with Crippen molar-refractivity contribution in [3.8, 4) is 0 Å². The summed E-state index contributed by atoms with van der Waals surface area (Å²) in [5, 5.41) is 1.25. The Morgan fingerprint density at radius 2 is 2.14 bits per heavy atom. The van der Waals surface area contributed by atoms with E-state index in [9.17, 15) is 0 Å². The van der Waals surface area contributed by atoms with E-state index in [1.165, 1.54) is 16.5 Å². The van der Waals surface area contributed by atoms with Crippen molar-refractivity contribution < 1.29 is 4.74 Å². The Bertz CT molecular complexity index is 431. The van der Waals surface area contributed by atoms with Crippen LogP contribution in [0.25, 0.3) is 10.9 Å². The smallest absolute Gasteiger partial charge is 0.0865 e. The number of H-pyrrole nitrogens is 1. The number of aromatic amines is 1. The van der Waals surface area contributed by atoms with E-state index >= 15 is 0 Å². The Hall–Kier alpha value is -1.28.